The number of hydrogen-bond acceptors (Lipinski definition) is 7. The highest BCUT2D eigenvalue weighted by atomic mass is 32.2. The predicted octanol–water partition coefficient (Wildman–Crippen LogP) is 1.63. The number of para-hydroxylation sites is 1. The smallest absolute Gasteiger partial charge is 0.340 e. The number of ether oxygens (including phenoxy) is 2. The Kier molecular flexibility index (Phi) is 6.83. The average Bonchev–Trinajstić information content (AvgIpc) is 2.68. The van der Waals surface area contributed by atoms with Crippen LogP contribution in [-0.4, -0.2) is 52.4 Å². The second kappa shape index (κ2) is 8.93. The minimum atomic E-state index is -3.79. The van der Waals surface area contributed by atoms with Crippen molar-refractivity contribution in [1.29, 1.82) is 0 Å². The first kappa shape index (κ1) is 22.2. The molecule has 2 aromatic carbocycles. The molecule has 0 fully saturated rings. The van der Waals surface area contributed by atoms with Gasteiger partial charge in [0.25, 0.3) is 5.91 Å². The minimum Gasteiger partial charge on any atom is -0.495 e. The summed E-state index contributed by atoms with van der Waals surface area (Å²) in [5.41, 5.74) is 7.23. The minimum absolute atomic E-state index is 0.104. The zero-order valence-electron chi connectivity index (χ0n) is 16.6. The van der Waals surface area contributed by atoms with Crippen molar-refractivity contribution in [1.82, 2.24) is 4.31 Å². The lowest BCUT2D eigenvalue weighted by molar-refractivity contribution is -0.119. The number of carbonyl (C=O) groups excluding carboxylic acids is 2. The molecule has 0 saturated carbocycles. The molecule has 2 rings (SSSR count). The van der Waals surface area contributed by atoms with Gasteiger partial charge < -0.3 is 20.5 Å². The van der Waals surface area contributed by atoms with E-state index >= 15 is 0 Å². The van der Waals surface area contributed by atoms with Crippen LogP contribution in [0.1, 0.15) is 15.9 Å². The molecule has 3 N–H and O–H groups in total. The van der Waals surface area contributed by atoms with Gasteiger partial charge in [-0.2, -0.15) is 0 Å². The molecule has 156 valence electrons. The maximum atomic E-state index is 12.4. The van der Waals surface area contributed by atoms with Crippen LogP contribution < -0.4 is 15.8 Å². The lowest BCUT2D eigenvalue weighted by Gasteiger charge is -2.16. The van der Waals surface area contributed by atoms with Crippen LogP contribution in [0.3, 0.4) is 0 Å². The summed E-state index contributed by atoms with van der Waals surface area (Å²) < 4.78 is 36.0. The Labute approximate surface area is 169 Å². The molecule has 2 aromatic rings. The molecular weight excluding hydrogens is 398 g/mol. The van der Waals surface area contributed by atoms with Gasteiger partial charge >= 0.3 is 5.97 Å². The predicted molar refractivity (Wildman–Crippen MR) is 108 cm³/mol. The standard InChI is InChI=1S/C19H23N3O6S/c1-12-6-5-7-14(18(12)20)19(24)28-11-17(23)21-13-8-9-15(27-4)16(10-13)29(25,26)22(2)3/h5-10H,11,20H2,1-4H3,(H,21,23). The van der Waals surface area contributed by atoms with Crippen molar-refractivity contribution in [2.45, 2.75) is 11.8 Å². The Balaban J connectivity index is 2.11. The van der Waals surface area contributed by atoms with Crippen molar-refractivity contribution in [3.8, 4) is 5.75 Å². The maximum absolute atomic E-state index is 12.4. The largest absolute Gasteiger partial charge is 0.495 e. The molecule has 0 atom stereocenters. The van der Waals surface area contributed by atoms with E-state index in [4.69, 9.17) is 15.2 Å². The van der Waals surface area contributed by atoms with Gasteiger partial charge in [-0.05, 0) is 36.8 Å². The second-order valence-electron chi connectivity index (χ2n) is 6.31. The number of nitrogens with two attached hydrogens (primary N) is 1. The fourth-order valence-electron chi connectivity index (χ4n) is 2.42. The van der Waals surface area contributed by atoms with E-state index < -0.39 is 28.5 Å². The summed E-state index contributed by atoms with van der Waals surface area (Å²) >= 11 is 0. The number of anilines is 2. The number of carbonyl (C=O) groups is 2. The van der Waals surface area contributed by atoms with Gasteiger partial charge in [-0.3, -0.25) is 4.79 Å². The monoisotopic (exact) mass is 421 g/mol. The van der Waals surface area contributed by atoms with Gasteiger partial charge in [-0.15, -0.1) is 0 Å². The molecule has 0 aliphatic carbocycles. The number of amides is 1. The highest BCUT2D eigenvalue weighted by Gasteiger charge is 2.23. The summed E-state index contributed by atoms with van der Waals surface area (Å²) in [4.78, 5) is 24.2. The van der Waals surface area contributed by atoms with Crippen LogP contribution in [0.5, 0.6) is 5.75 Å². The number of esters is 1. The normalized spacial score (nSPS) is 11.2. The van der Waals surface area contributed by atoms with E-state index in [1.54, 1.807) is 19.1 Å². The fraction of sp³-hybridized carbons (Fsp3) is 0.263. The topological polar surface area (TPSA) is 128 Å². The van der Waals surface area contributed by atoms with Crippen LogP contribution in [0.25, 0.3) is 0 Å². The number of nitrogens with one attached hydrogen (secondary N) is 1. The number of benzene rings is 2. The van der Waals surface area contributed by atoms with Crippen LogP contribution in [0.2, 0.25) is 0 Å². The molecule has 0 bridgehead atoms. The molecule has 0 saturated heterocycles. The summed E-state index contributed by atoms with van der Waals surface area (Å²) in [6, 6.07) is 9.09. The first-order valence-corrected chi connectivity index (χ1v) is 9.94. The number of sulfonamides is 1. The van der Waals surface area contributed by atoms with Crippen molar-refractivity contribution >= 4 is 33.3 Å². The van der Waals surface area contributed by atoms with Crippen LogP contribution in [0.15, 0.2) is 41.3 Å². The van der Waals surface area contributed by atoms with Crippen molar-refractivity contribution in [2.75, 3.05) is 38.9 Å². The molecule has 0 radical (unpaired) electrons. The highest BCUT2D eigenvalue weighted by molar-refractivity contribution is 7.89. The first-order chi connectivity index (χ1) is 13.6. The van der Waals surface area contributed by atoms with E-state index in [-0.39, 0.29) is 27.6 Å². The maximum Gasteiger partial charge on any atom is 0.340 e. The van der Waals surface area contributed by atoms with Gasteiger partial charge in [-0.25, -0.2) is 17.5 Å². The lowest BCUT2D eigenvalue weighted by atomic mass is 10.1. The summed E-state index contributed by atoms with van der Waals surface area (Å²) in [6.07, 6.45) is 0. The third-order valence-electron chi connectivity index (χ3n) is 4.08. The molecule has 10 heteroatoms. The van der Waals surface area contributed by atoms with Gasteiger partial charge in [0, 0.05) is 25.5 Å². The van der Waals surface area contributed by atoms with E-state index in [0.717, 1.165) is 9.87 Å². The zero-order valence-corrected chi connectivity index (χ0v) is 17.4. The van der Waals surface area contributed by atoms with E-state index in [2.05, 4.69) is 5.32 Å². The number of rotatable bonds is 7. The Morgan fingerprint density at radius 3 is 2.48 bits per heavy atom. The van der Waals surface area contributed by atoms with Gasteiger partial charge in [-0.1, -0.05) is 12.1 Å². The Bertz CT molecular complexity index is 1030. The molecule has 0 unspecified atom stereocenters. The summed E-state index contributed by atoms with van der Waals surface area (Å²) in [5.74, 6) is -1.23. The number of hydrogen-bond donors (Lipinski definition) is 2. The van der Waals surface area contributed by atoms with Gasteiger partial charge in [0.2, 0.25) is 10.0 Å². The van der Waals surface area contributed by atoms with Gasteiger partial charge in [0.1, 0.15) is 10.6 Å². The van der Waals surface area contributed by atoms with Crippen molar-refractivity contribution in [2.24, 2.45) is 0 Å². The zero-order chi connectivity index (χ0) is 21.8. The molecule has 29 heavy (non-hydrogen) atoms. The Morgan fingerprint density at radius 2 is 1.86 bits per heavy atom. The molecule has 0 heterocycles. The Morgan fingerprint density at radius 1 is 1.17 bits per heavy atom. The second-order valence-corrected chi connectivity index (χ2v) is 8.43. The van der Waals surface area contributed by atoms with Crippen LogP contribution in [0, 0.1) is 6.92 Å². The molecule has 0 aromatic heterocycles. The van der Waals surface area contributed by atoms with Crippen molar-refractivity contribution < 1.29 is 27.5 Å². The quantitative estimate of drug-likeness (QED) is 0.514. The highest BCUT2D eigenvalue weighted by Crippen LogP contribution is 2.28. The lowest BCUT2D eigenvalue weighted by Crippen LogP contribution is -2.24. The van der Waals surface area contributed by atoms with Crippen molar-refractivity contribution in [3.63, 3.8) is 0 Å². The average molecular weight is 421 g/mol. The molecule has 9 nitrogen and oxygen atoms in total. The van der Waals surface area contributed by atoms with Gasteiger partial charge in [0.15, 0.2) is 6.61 Å². The first-order valence-electron chi connectivity index (χ1n) is 8.50. The number of nitrogen functional groups attached to an aromatic ring is 1. The van der Waals surface area contributed by atoms with Crippen LogP contribution >= 0.6 is 0 Å². The molecular formula is C19H23N3O6S. The summed E-state index contributed by atoms with van der Waals surface area (Å²) in [6.45, 7) is 1.19. The van der Waals surface area contributed by atoms with Crippen LogP contribution in [0.4, 0.5) is 11.4 Å². The molecule has 0 aliphatic heterocycles. The summed E-state index contributed by atoms with van der Waals surface area (Å²) in [5, 5.41) is 2.49. The van der Waals surface area contributed by atoms with E-state index in [0.29, 0.717) is 0 Å². The Hall–Kier alpha value is -3.11. The fourth-order valence-corrected chi connectivity index (χ4v) is 3.49. The van der Waals surface area contributed by atoms with E-state index in [9.17, 15) is 18.0 Å². The molecule has 0 spiro atoms. The number of nitrogens with zero attached hydrogens (tertiary/aromatic N) is 1. The van der Waals surface area contributed by atoms with Crippen LogP contribution in [-0.2, 0) is 19.6 Å². The molecule has 1 amide bonds. The SMILES string of the molecule is COc1ccc(NC(=O)COC(=O)c2cccc(C)c2N)cc1S(=O)(=O)N(C)C. The molecule has 0 aliphatic rings. The third kappa shape index (κ3) is 5.04. The number of methoxy groups -OCH3 is 1. The van der Waals surface area contributed by atoms with Gasteiger partial charge in [0.05, 0.1) is 12.7 Å². The van der Waals surface area contributed by atoms with E-state index in [1.807, 2.05) is 0 Å². The third-order valence-corrected chi connectivity index (χ3v) is 5.92. The number of aryl methyl sites for hydroxylation is 1. The summed E-state index contributed by atoms with van der Waals surface area (Å²) in [7, 11) is 0.326. The van der Waals surface area contributed by atoms with E-state index in [1.165, 1.54) is 45.5 Å². The van der Waals surface area contributed by atoms with Crippen molar-refractivity contribution in [3.05, 3.63) is 47.5 Å².